The van der Waals surface area contributed by atoms with Gasteiger partial charge >= 0.3 is 0 Å². The zero-order valence-electron chi connectivity index (χ0n) is 9.29. The summed E-state index contributed by atoms with van der Waals surface area (Å²) >= 11 is 2.18. The number of hydrogen-bond acceptors (Lipinski definition) is 2. The highest BCUT2D eigenvalue weighted by Gasteiger charge is 2.14. The average Bonchev–Trinajstić information content (AvgIpc) is 2.28. The lowest BCUT2D eigenvalue weighted by molar-refractivity contribution is -0.120. The Bertz CT molecular complexity index is 387. The molecule has 1 atom stereocenters. The molecule has 0 saturated heterocycles. The van der Waals surface area contributed by atoms with E-state index in [-0.39, 0.29) is 11.7 Å². The number of rotatable bonds is 4. The van der Waals surface area contributed by atoms with Crippen LogP contribution in [0.1, 0.15) is 30.6 Å². The number of carbonyl (C=O) groups excluding carboxylic acids is 2. The van der Waals surface area contributed by atoms with Gasteiger partial charge in [-0.1, -0.05) is 6.92 Å². The van der Waals surface area contributed by atoms with Gasteiger partial charge in [-0.15, -0.1) is 0 Å². The van der Waals surface area contributed by atoms with E-state index < -0.39 is 6.04 Å². The molecule has 1 rings (SSSR count). The maximum atomic E-state index is 11.7. The van der Waals surface area contributed by atoms with Gasteiger partial charge in [-0.3, -0.25) is 9.59 Å². The summed E-state index contributed by atoms with van der Waals surface area (Å²) in [5.41, 5.74) is 0.580. The van der Waals surface area contributed by atoms with E-state index in [1.165, 1.54) is 0 Å². The summed E-state index contributed by atoms with van der Waals surface area (Å²) in [5, 5.41) is 2.68. The Balaban J connectivity index is 2.65. The largest absolute Gasteiger partial charge is 0.343 e. The Hall–Kier alpha value is -0.910. The van der Waals surface area contributed by atoms with Crippen LogP contribution in [0.15, 0.2) is 24.3 Å². The zero-order valence-corrected chi connectivity index (χ0v) is 11.4. The average molecular weight is 331 g/mol. The highest BCUT2D eigenvalue weighted by Crippen LogP contribution is 2.07. The van der Waals surface area contributed by atoms with Crippen LogP contribution in [0.2, 0.25) is 0 Å². The summed E-state index contributed by atoms with van der Waals surface area (Å²) in [6.07, 6.45) is 0.439. The molecule has 16 heavy (non-hydrogen) atoms. The van der Waals surface area contributed by atoms with E-state index in [1.54, 1.807) is 26.0 Å². The van der Waals surface area contributed by atoms with Crippen LogP contribution in [0.5, 0.6) is 0 Å². The highest BCUT2D eigenvalue weighted by molar-refractivity contribution is 14.1. The molecule has 0 spiro atoms. The number of halogens is 1. The molecule has 0 fully saturated rings. The molecular formula is C12H14INO2. The molecule has 1 aromatic rings. The Morgan fingerprint density at radius 1 is 1.31 bits per heavy atom. The van der Waals surface area contributed by atoms with Gasteiger partial charge < -0.3 is 5.32 Å². The Kier molecular flexibility index (Phi) is 4.92. The molecule has 4 heteroatoms. The fourth-order valence-electron chi connectivity index (χ4n) is 1.27. The molecule has 0 saturated carbocycles. The lowest BCUT2D eigenvalue weighted by atomic mass is 10.1. The van der Waals surface area contributed by atoms with Crippen molar-refractivity contribution in [3.63, 3.8) is 0 Å². The molecule has 0 aliphatic carbocycles. The van der Waals surface area contributed by atoms with Crippen LogP contribution in [0.25, 0.3) is 0 Å². The minimum absolute atomic E-state index is 0.0406. The Morgan fingerprint density at radius 2 is 1.88 bits per heavy atom. The summed E-state index contributed by atoms with van der Waals surface area (Å²) in [5.74, 6) is -0.162. The lowest BCUT2D eigenvalue weighted by Crippen LogP contribution is -2.38. The third-order valence-electron chi connectivity index (χ3n) is 2.29. The second-order valence-corrected chi connectivity index (χ2v) is 4.77. The van der Waals surface area contributed by atoms with E-state index in [0.717, 1.165) is 3.57 Å². The van der Waals surface area contributed by atoms with Crippen LogP contribution in [-0.2, 0) is 4.79 Å². The molecular weight excluding hydrogens is 317 g/mol. The molecule has 1 N–H and O–H groups in total. The summed E-state index contributed by atoms with van der Waals surface area (Å²) in [6, 6.07) is 6.81. The second kappa shape index (κ2) is 5.98. The number of hydrogen-bond donors (Lipinski definition) is 1. The third kappa shape index (κ3) is 3.59. The molecule has 3 nitrogen and oxygen atoms in total. The first-order valence-electron chi connectivity index (χ1n) is 5.13. The fourth-order valence-corrected chi connectivity index (χ4v) is 1.63. The topological polar surface area (TPSA) is 46.2 Å². The monoisotopic (exact) mass is 331 g/mol. The first kappa shape index (κ1) is 13.2. The zero-order chi connectivity index (χ0) is 12.1. The van der Waals surface area contributed by atoms with Crippen LogP contribution in [0.3, 0.4) is 0 Å². The normalized spacial score (nSPS) is 11.9. The van der Waals surface area contributed by atoms with Gasteiger partial charge in [0.05, 0.1) is 6.04 Å². The van der Waals surface area contributed by atoms with Gasteiger partial charge in [0.1, 0.15) is 0 Å². The van der Waals surface area contributed by atoms with Crippen LogP contribution in [0.4, 0.5) is 0 Å². The van der Waals surface area contributed by atoms with Crippen molar-refractivity contribution in [3.05, 3.63) is 33.4 Å². The van der Waals surface area contributed by atoms with E-state index in [0.29, 0.717) is 12.0 Å². The van der Waals surface area contributed by atoms with Crippen molar-refractivity contribution in [2.75, 3.05) is 0 Å². The van der Waals surface area contributed by atoms with E-state index >= 15 is 0 Å². The first-order valence-corrected chi connectivity index (χ1v) is 6.21. The fraction of sp³-hybridized carbons (Fsp3) is 0.333. The summed E-state index contributed by atoms with van der Waals surface area (Å²) < 4.78 is 1.08. The lowest BCUT2D eigenvalue weighted by Gasteiger charge is -2.11. The van der Waals surface area contributed by atoms with Crippen molar-refractivity contribution in [1.82, 2.24) is 5.32 Å². The molecule has 1 amide bonds. The van der Waals surface area contributed by atoms with Gasteiger partial charge in [0.25, 0.3) is 5.91 Å². The third-order valence-corrected chi connectivity index (χ3v) is 3.00. The number of amides is 1. The van der Waals surface area contributed by atoms with E-state index in [4.69, 9.17) is 0 Å². The van der Waals surface area contributed by atoms with Crippen LogP contribution < -0.4 is 5.32 Å². The van der Waals surface area contributed by atoms with Gasteiger partial charge in [0, 0.05) is 15.6 Å². The van der Waals surface area contributed by atoms with Gasteiger partial charge in [-0.2, -0.15) is 0 Å². The maximum Gasteiger partial charge on any atom is 0.251 e. The molecule has 0 radical (unpaired) electrons. The van der Waals surface area contributed by atoms with Crippen molar-refractivity contribution in [3.8, 4) is 0 Å². The number of nitrogens with one attached hydrogen (secondary N) is 1. The summed E-state index contributed by atoms with van der Waals surface area (Å²) in [4.78, 5) is 23.0. The SMILES string of the molecule is CCC(=O)C(C)NC(=O)c1ccc(I)cc1. The van der Waals surface area contributed by atoms with Gasteiger partial charge in [-0.05, 0) is 53.8 Å². The highest BCUT2D eigenvalue weighted by atomic mass is 127. The Morgan fingerprint density at radius 3 is 2.38 bits per heavy atom. The Labute approximate surface area is 109 Å². The quantitative estimate of drug-likeness (QED) is 0.861. The van der Waals surface area contributed by atoms with E-state index in [9.17, 15) is 9.59 Å². The molecule has 0 aliphatic rings. The van der Waals surface area contributed by atoms with Gasteiger partial charge in [0.15, 0.2) is 5.78 Å². The van der Waals surface area contributed by atoms with Gasteiger partial charge in [0.2, 0.25) is 0 Å². The summed E-state index contributed by atoms with van der Waals surface area (Å²) in [6.45, 7) is 3.49. The number of Topliss-reactive ketones (excluding diaryl/α,β-unsaturated/α-hetero) is 1. The number of benzene rings is 1. The van der Waals surface area contributed by atoms with Crippen molar-refractivity contribution >= 4 is 34.3 Å². The predicted octanol–water partition coefficient (Wildman–Crippen LogP) is 2.39. The van der Waals surface area contributed by atoms with Crippen molar-refractivity contribution < 1.29 is 9.59 Å². The maximum absolute atomic E-state index is 11.7. The van der Waals surface area contributed by atoms with Crippen molar-refractivity contribution in [2.24, 2.45) is 0 Å². The van der Waals surface area contributed by atoms with Crippen molar-refractivity contribution in [2.45, 2.75) is 26.3 Å². The molecule has 1 unspecified atom stereocenters. The van der Waals surface area contributed by atoms with Gasteiger partial charge in [-0.25, -0.2) is 0 Å². The minimum Gasteiger partial charge on any atom is -0.343 e. The molecule has 0 aromatic heterocycles. The van der Waals surface area contributed by atoms with Crippen LogP contribution in [-0.4, -0.2) is 17.7 Å². The number of ketones is 1. The molecule has 0 aliphatic heterocycles. The molecule has 0 heterocycles. The van der Waals surface area contributed by atoms with Crippen LogP contribution in [0, 0.1) is 3.57 Å². The second-order valence-electron chi connectivity index (χ2n) is 3.52. The van der Waals surface area contributed by atoms with E-state index in [2.05, 4.69) is 27.9 Å². The molecule has 86 valence electrons. The standard InChI is InChI=1S/C12H14INO2/c1-3-11(15)8(2)14-12(16)9-4-6-10(13)7-5-9/h4-8H,3H2,1-2H3,(H,14,16). The number of carbonyl (C=O) groups is 2. The minimum atomic E-state index is -0.420. The van der Waals surface area contributed by atoms with E-state index in [1.807, 2.05) is 12.1 Å². The smallest absolute Gasteiger partial charge is 0.251 e. The predicted molar refractivity (Wildman–Crippen MR) is 71.4 cm³/mol. The van der Waals surface area contributed by atoms with Crippen molar-refractivity contribution in [1.29, 1.82) is 0 Å². The first-order chi connectivity index (χ1) is 7.54. The molecule has 1 aromatic carbocycles. The van der Waals surface area contributed by atoms with Crippen LogP contribution >= 0.6 is 22.6 Å². The summed E-state index contributed by atoms with van der Waals surface area (Å²) in [7, 11) is 0. The molecule has 0 bridgehead atoms.